The summed E-state index contributed by atoms with van der Waals surface area (Å²) in [5.74, 6) is 0. The topological polar surface area (TPSA) is 20.2 Å². The van der Waals surface area contributed by atoms with E-state index in [2.05, 4.69) is 32.9 Å². The number of hydrogen-bond acceptors (Lipinski definition) is 2. The summed E-state index contributed by atoms with van der Waals surface area (Å²) >= 11 is 1.58. The van der Waals surface area contributed by atoms with Gasteiger partial charge in [-0.1, -0.05) is 45.0 Å². The molecular weight excluding hydrogens is 192 g/mol. The second-order valence-corrected chi connectivity index (χ2v) is 5.29. The van der Waals surface area contributed by atoms with Crippen molar-refractivity contribution in [1.82, 2.24) is 0 Å². The first-order valence-electron chi connectivity index (χ1n) is 5.06. The minimum absolute atomic E-state index is 0.388. The van der Waals surface area contributed by atoms with Crippen LogP contribution in [0.15, 0.2) is 24.3 Å². The maximum Gasteiger partial charge on any atom is 0.125 e. The van der Waals surface area contributed by atoms with E-state index in [1.807, 2.05) is 12.1 Å². The Morgan fingerprint density at radius 1 is 1.21 bits per heavy atom. The van der Waals surface area contributed by atoms with Gasteiger partial charge in [0, 0.05) is 5.25 Å². The van der Waals surface area contributed by atoms with Crippen molar-refractivity contribution in [2.45, 2.75) is 37.9 Å². The van der Waals surface area contributed by atoms with E-state index in [0.717, 1.165) is 12.0 Å². The van der Waals surface area contributed by atoms with Gasteiger partial charge in [0.1, 0.15) is 5.44 Å². The molecule has 1 unspecified atom stereocenters. The number of benzene rings is 1. The standard InChI is InChI=1S/C12H18OS/c1-4-10-5-7-11(8-6-10)12(13)14-9(2)3/h5-9,12-13H,4H2,1-3H3. The Kier molecular flexibility index (Phi) is 4.49. The number of aryl methyl sites for hydroxylation is 1. The van der Waals surface area contributed by atoms with Gasteiger partial charge in [0.15, 0.2) is 0 Å². The number of rotatable bonds is 4. The Morgan fingerprint density at radius 3 is 2.21 bits per heavy atom. The number of aliphatic hydroxyl groups excluding tert-OH is 1. The van der Waals surface area contributed by atoms with E-state index in [0.29, 0.717) is 5.25 Å². The fraction of sp³-hybridized carbons (Fsp3) is 0.500. The van der Waals surface area contributed by atoms with Crippen LogP contribution in [0, 0.1) is 0 Å². The summed E-state index contributed by atoms with van der Waals surface area (Å²) in [6.07, 6.45) is 1.05. The van der Waals surface area contributed by atoms with Crippen LogP contribution in [-0.2, 0) is 6.42 Å². The Balaban J connectivity index is 2.66. The molecule has 2 heteroatoms. The molecule has 0 aromatic heterocycles. The lowest BCUT2D eigenvalue weighted by atomic mass is 10.1. The normalized spacial score (nSPS) is 13.2. The zero-order chi connectivity index (χ0) is 10.6. The van der Waals surface area contributed by atoms with E-state index in [4.69, 9.17) is 0 Å². The molecule has 1 nitrogen and oxygen atoms in total. The monoisotopic (exact) mass is 210 g/mol. The second kappa shape index (κ2) is 5.42. The first kappa shape index (κ1) is 11.6. The van der Waals surface area contributed by atoms with Crippen LogP contribution in [0.3, 0.4) is 0 Å². The molecule has 0 spiro atoms. The Bertz CT molecular complexity index is 266. The minimum atomic E-state index is -0.388. The number of hydrogen-bond donors (Lipinski definition) is 1. The van der Waals surface area contributed by atoms with E-state index in [9.17, 15) is 5.11 Å². The van der Waals surface area contributed by atoms with Gasteiger partial charge in [0.2, 0.25) is 0 Å². The Hall–Kier alpha value is -0.470. The van der Waals surface area contributed by atoms with Gasteiger partial charge in [-0.25, -0.2) is 0 Å². The summed E-state index contributed by atoms with van der Waals surface area (Å²) in [7, 11) is 0. The predicted molar refractivity (Wildman–Crippen MR) is 63.5 cm³/mol. The fourth-order valence-electron chi connectivity index (χ4n) is 1.25. The van der Waals surface area contributed by atoms with E-state index < -0.39 is 0 Å². The average molecular weight is 210 g/mol. The molecule has 0 bridgehead atoms. The van der Waals surface area contributed by atoms with Crippen LogP contribution in [0.2, 0.25) is 0 Å². The molecule has 0 aliphatic heterocycles. The fourth-order valence-corrected chi connectivity index (χ4v) is 2.08. The molecule has 1 N–H and O–H groups in total. The molecule has 78 valence electrons. The van der Waals surface area contributed by atoms with Gasteiger partial charge in [-0.05, 0) is 17.5 Å². The number of aliphatic hydroxyl groups is 1. The molecule has 1 aromatic rings. The maximum absolute atomic E-state index is 9.82. The van der Waals surface area contributed by atoms with Crippen LogP contribution in [0.1, 0.15) is 37.3 Å². The van der Waals surface area contributed by atoms with E-state index in [1.54, 1.807) is 11.8 Å². The highest BCUT2D eigenvalue weighted by atomic mass is 32.2. The summed E-state index contributed by atoms with van der Waals surface area (Å²) in [5, 5.41) is 10.3. The predicted octanol–water partition coefficient (Wildman–Crippen LogP) is 3.38. The van der Waals surface area contributed by atoms with E-state index in [1.165, 1.54) is 5.56 Å². The lowest BCUT2D eigenvalue weighted by Crippen LogP contribution is -1.97. The third-order valence-electron chi connectivity index (χ3n) is 2.07. The summed E-state index contributed by atoms with van der Waals surface area (Å²) in [4.78, 5) is 0. The first-order chi connectivity index (χ1) is 6.63. The maximum atomic E-state index is 9.82. The summed E-state index contributed by atoms with van der Waals surface area (Å²) in [6.45, 7) is 6.32. The van der Waals surface area contributed by atoms with Crippen LogP contribution in [-0.4, -0.2) is 10.4 Å². The van der Waals surface area contributed by atoms with Gasteiger partial charge in [0.05, 0.1) is 0 Å². The quantitative estimate of drug-likeness (QED) is 0.769. The van der Waals surface area contributed by atoms with Crippen molar-refractivity contribution in [2.75, 3.05) is 0 Å². The summed E-state index contributed by atoms with van der Waals surface area (Å²) < 4.78 is 0. The molecule has 0 aliphatic carbocycles. The van der Waals surface area contributed by atoms with Crippen molar-refractivity contribution in [3.05, 3.63) is 35.4 Å². The van der Waals surface area contributed by atoms with Crippen molar-refractivity contribution < 1.29 is 5.11 Å². The van der Waals surface area contributed by atoms with Gasteiger partial charge < -0.3 is 5.11 Å². The van der Waals surface area contributed by atoms with E-state index in [-0.39, 0.29) is 5.44 Å². The third-order valence-corrected chi connectivity index (χ3v) is 3.15. The molecule has 0 saturated carbocycles. The molecule has 0 radical (unpaired) electrons. The molecule has 14 heavy (non-hydrogen) atoms. The molecule has 0 heterocycles. The van der Waals surface area contributed by atoms with Crippen molar-refractivity contribution in [1.29, 1.82) is 0 Å². The van der Waals surface area contributed by atoms with Crippen LogP contribution >= 0.6 is 11.8 Å². The zero-order valence-electron chi connectivity index (χ0n) is 9.03. The van der Waals surface area contributed by atoms with Gasteiger partial charge in [-0.15, -0.1) is 11.8 Å². The van der Waals surface area contributed by atoms with Gasteiger partial charge in [-0.3, -0.25) is 0 Å². The highest BCUT2D eigenvalue weighted by Gasteiger charge is 2.09. The first-order valence-corrected chi connectivity index (χ1v) is 6.00. The molecule has 0 amide bonds. The molecule has 0 aliphatic rings. The largest absolute Gasteiger partial charge is 0.378 e. The molecule has 1 atom stereocenters. The lowest BCUT2D eigenvalue weighted by molar-refractivity contribution is 0.269. The molecular formula is C12H18OS. The zero-order valence-corrected chi connectivity index (χ0v) is 9.84. The van der Waals surface area contributed by atoms with Crippen LogP contribution in [0.25, 0.3) is 0 Å². The Morgan fingerprint density at radius 2 is 1.79 bits per heavy atom. The van der Waals surface area contributed by atoms with Gasteiger partial charge in [0.25, 0.3) is 0 Å². The second-order valence-electron chi connectivity index (χ2n) is 3.63. The lowest BCUT2D eigenvalue weighted by Gasteiger charge is -2.13. The third kappa shape index (κ3) is 3.35. The average Bonchev–Trinajstić information content (AvgIpc) is 2.17. The molecule has 0 saturated heterocycles. The van der Waals surface area contributed by atoms with Crippen molar-refractivity contribution in [3.8, 4) is 0 Å². The highest BCUT2D eigenvalue weighted by Crippen LogP contribution is 2.29. The smallest absolute Gasteiger partial charge is 0.125 e. The van der Waals surface area contributed by atoms with Crippen LogP contribution in [0.5, 0.6) is 0 Å². The number of thioether (sulfide) groups is 1. The van der Waals surface area contributed by atoms with E-state index >= 15 is 0 Å². The van der Waals surface area contributed by atoms with Crippen molar-refractivity contribution >= 4 is 11.8 Å². The van der Waals surface area contributed by atoms with Crippen LogP contribution < -0.4 is 0 Å². The van der Waals surface area contributed by atoms with Crippen molar-refractivity contribution in [2.24, 2.45) is 0 Å². The van der Waals surface area contributed by atoms with Gasteiger partial charge >= 0.3 is 0 Å². The molecule has 1 aromatic carbocycles. The van der Waals surface area contributed by atoms with Crippen molar-refractivity contribution in [3.63, 3.8) is 0 Å². The summed E-state index contributed by atoms with van der Waals surface area (Å²) in [6, 6.07) is 8.19. The van der Waals surface area contributed by atoms with Gasteiger partial charge in [-0.2, -0.15) is 0 Å². The molecule has 1 rings (SSSR count). The van der Waals surface area contributed by atoms with Crippen LogP contribution in [0.4, 0.5) is 0 Å². The highest BCUT2D eigenvalue weighted by molar-refractivity contribution is 7.99. The minimum Gasteiger partial charge on any atom is -0.378 e. The molecule has 0 fully saturated rings. The Labute approximate surface area is 90.5 Å². The SMILES string of the molecule is CCc1ccc(C(O)SC(C)C)cc1. The summed E-state index contributed by atoms with van der Waals surface area (Å²) in [5.41, 5.74) is 1.93.